The first-order chi connectivity index (χ1) is 23.0. The highest BCUT2D eigenvalue weighted by atomic mass is 32.2. The van der Waals surface area contributed by atoms with Crippen LogP contribution < -0.4 is 19.1 Å². The third kappa shape index (κ3) is 8.92. The standard InChI is InChI=1S/C37H42FN3O6S/c1-6-27(3)39-37(43)33(22-28-10-8-7-9-11-28)40(24-29-14-12-26(2)13-15-29)36(42)25-41(31-18-16-30(38)17-19-31)48(44,45)32-20-21-34(46-4)35(23-32)47-5/h7-21,23,27,33H,6,22,24-25H2,1-5H3,(H,39,43)/t27-,33-/m0/s1. The normalized spacial score (nSPS) is 12.5. The fraction of sp³-hybridized carbons (Fsp3) is 0.297. The second kappa shape index (κ2) is 16.3. The van der Waals surface area contributed by atoms with Crippen LogP contribution in [0.5, 0.6) is 11.5 Å². The zero-order valence-electron chi connectivity index (χ0n) is 27.9. The molecular formula is C37H42FN3O6S. The number of hydrogen-bond donors (Lipinski definition) is 1. The number of rotatable bonds is 15. The Kier molecular flexibility index (Phi) is 12.2. The number of carbonyl (C=O) groups excluding carboxylic acids is 2. The number of aryl methyl sites for hydroxylation is 1. The Morgan fingerprint density at radius 1 is 0.854 bits per heavy atom. The number of nitrogens with zero attached hydrogens (tertiary/aromatic N) is 2. The molecule has 0 unspecified atom stereocenters. The Morgan fingerprint density at radius 2 is 1.50 bits per heavy atom. The zero-order valence-corrected chi connectivity index (χ0v) is 28.7. The van der Waals surface area contributed by atoms with Crippen LogP contribution in [-0.2, 0) is 32.6 Å². The minimum Gasteiger partial charge on any atom is -0.493 e. The number of benzene rings is 4. The molecule has 4 aromatic carbocycles. The van der Waals surface area contributed by atoms with Crippen molar-refractivity contribution < 1.29 is 31.9 Å². The van der Waals surface area contributed by atoms with Gasteiger partial charge < -0.3 is 19.7 Å². The van der Waals surface area contributed by atoms with Crippen molar-refractivity contribution in [3.8, 4) is 11.5 Å². The van der Waals surface area contributed by atoms with Gasteiger partial charge in [-0.1, -0.05) is 67.1 Å². The minimum atomic E-state index is -4.43. The lowest BCUT2D eigenvalue weighted by molar-refractivity contribution is -0.140. The Balaban J connectivity index is 1.82. The van der Waals surface area contributed by atoms with Crippen molar-refractivity contribution in [1.82, 2.24) is 10.2 Å². The van der Waals surface area contributed by atoms with Gasteiger partial charge in [-0.2, -0.15) is 0 Å². The molecule has 0 bridgehead atoms. The maximum absolute atomic E-state index is 14.6. The summed E-state index contributed by atoms with van der Waals surface area (Å²) in [4.78, 5) is 29.8. The number of carbonyl (C=O) groups is 2. The van der Waals surface area contributed by atoms with Gasteiger partial charge >= 0.3 is 0 Å². The summed E-state index contributed by atoms with van der Waals surface area (Å²) in [5, 5.41) is 3.02. The molecule has 0 aliphatic carbocycles. The average molecular weight is 676 g/mol. The lowest BCUT2D eigenvalue weighted by Crippen LogP contribution is -2.54. The van der Waals surface area contributed by atoms with E-state index in [0.717, 1.165) is 33.1 Å². The summed E-state index contributed by atoms with van der Waals surface area (Å²) in [7, 11) is -1.62. The summed E-state index contributed by atoms with van der Waals surface area (Å²) in [5.41, 5.74) is 2.69. The summed E-state index contributed by atoms with van der Waals surface area (Å²) < 4.78 is 54.2. The maximum Gasteiger partial charge on any atom is 0.264 e. The van der Waals surface area contributed by atoms with Gasteiger partial charge in [0.25, 0.3) is 10.0 Å². The van der Waals surface area contributed by atoms with E-state index in [0.29, 0.717) is 12.2 Å². The molecule has 4 rings (SSSR count). The van der Waals surface area contributed by atoms with Crippen LogP contribution in [0.4, 0.5) is 10.1 Å². The van der Waals surface area contributed by atoms with Crippen LogP contribution in [0.1, 0.15) is 37.0 Å². The highest BCUT2D eigenvalue weighted by Gasteiger charge is 2.35. The van der Waals surface area contributed by atoms with E-state index in [2.05, 4.69) is 5.32 Å². The van der Waals surface area contributed by atoms with E-state index >= 15 is 0 Å². The van der Waals surface area contributed by atoms with Gasteiger partial charge in [0.05, 0.1) is 24.8 Å². The van der Waals surface area contributed by atoms with Crippen molar-refractivity contribution >= 4 is 27.5 Å². The molecule has 0 saturated carbocycles. The molecule has 0 spiro atoms. The largest absolute Gasteiger partial charge is 0.493 e. The molecule has 254 valence electrons. The molecule has 0 aromatic heterocycles. The predicted octanol–water partition coefficient (Wildman–Crippen LogP) is 5.90. The van der Waals surface area contributed by atoms with Gasteiger partial charge in [-0.15, -0.1) is 0 Å². The van der Waals surface area contributed by atoms with Crippen molar-refractivity contribution in [3.63, 3.8) is 0 Å². The summed E-state index contributed by atoms with van der Waals surface area (Å²) >= 11 is 0. The number of methoxy groups -OCH3 is 2. The van der Waals surface area contributed by atoms with Crippen molar-refractivity contribution in [2.45, 2.75) is 57.1 Å². The third-order valence-electron chi connectivity index (χ3n) is 8.08. The Morgan fingerprint density at radius 3 is 2.10 bits per heavy atom. The van der Waals surface area contributed by atoms with Crippen LogP contribution in [0.15, 0.2) is 102 Å². The predicted molar refractivity (Wildman–Crippen MR) is 184 cm³/mol. The molecule has 2 atom stereocenters. The fourth-order valence-electron chi connectivity index (χ4n) is 5.13. The molecule has 48 heavy (non-hydrogen) atoms. The molecule has 0 aliphatic heterocycles. The monoisotopic (exact) mass is 675 g/mol. The van der Waals surface area contributed by atoms with Crippen LogP contribution in [0.2, 0.25) is 0 Å². The lowest BCUT2D eigenvalue weighted by Gasteiger charge is -2.34. The summed E-state index contributed by atoms with van der Waals surface area (Å²) in [6.45, 7) is 5.15. The molecule has 0 radical (unpaired) electrons. The Bertz CT molecular complexity index is 1780. The average Bonchev–Trinajstić information content (AvgIpc) is 3.09. The van der Waals surface area contributed by atoms with E-state index in [1.54, 1.807) is 0 Å². The third-order valence-corrected chi connectivity index (χ3v) is 9.85. The lowest BCUT2D eigenvalue weighted by atomic mass is 10.0. The number of hydrogen-bond acceptors (Lipinski definition) is 6. The van der Waals surface area contributed by atoms with Crippen LogP contribution in [-0.4, -0.2) is 58.0 Å². The molecule has 0 saturated heterocycles. The van der Waals surface area contributed by atoms with Gasteiger partial charge in [0, 0.05) is 25.1 Å². The Labute approximate surface area is 282 Å². The number of nitrogens with one attached hydrogen (secondary N) is 1. The van der Waals surface area contributed by atoms with Gasteiger partial charge in [0.15, 0.2) is 11.5 Å². The zero-order chi connectivity index (χ0) is 34.8. The van der Waals surface area contributed by atoms with Gasteiger partial charge in [0.2, 0.25) is 11.8 Å². The number of amides is 2. The van der Waals surface area contributed by atoms with E-state index in [1.807, 2.05) is 75.4 Å². The van der Waals surface area contributed by atoms with Crippen molar-refractivity contribution in [1.29, 1.82) is 0 Å². The van der Waals surface area contributed by atoms with E-state index in [1.165, 1.54) is 49.5 Å². The molecule has 1 N–H and O–H groups in total. The smallest absolute Gasteiger partial charge is 0.264 e. The van der Waals surface area contributed by atoms with Crippen molar-refractivity contribution in [3.05, 3.63) is 120 Å². The van der Waals surface area contributed by atoms with Crippen LogP contribution in [0.25, 0.3) is 0 Å². The minimum absolute atomic E-state index is 0.0399. The van der Waals surface area contributed by atoms with Gasteiger partial charge in [0.1, 0.15) is 18.4 Å². The van der Waals surface area contributed by atoms with Crippen LogP contribution in [0.3, 0.4) is 0 Å². The molecule has 0 heterocycles. The van der Waals surface area contributed by atoms with Crippen LogP contribution in [0, 0.1) is 12.7 Å². The quantitative estimate of drug-likeness (QED) is 0.168. The first-order valence-electron chi connectivity index (χ1n) is 15.7. The van der Waals surface area contributed by atoms with Gasteiger partial charge in [-0.3, -0.25) is 13.9 Å². The summed E-state index contributed by atoms with van der Waals surface area (Å²) in [5.74, 6) is -1.05. The second-order valence-corrected chi connectivity index (χ2v) is 13.4. The number of sulfonamides is 1. The number of ether oxygens (including phenoxy) is 2. The topological polar surface area (TPSA) is 105 Å². The van der Waals surface area contributed by atoms with Gasteiger partial charge in [-0.25, -0.2) is 12.8 Å². The van der Waals surface area contributed by atoms with Gasteiger partial charge in [-0.05, 0) is 67.8 Å². The summed E-state index contributed by atoms with van der Waals surface area (Å²) in [6.07, 6.45) is 0.872. The van der Waals surface area contributed by atoms with E-state index in [-0.39, 0.29) is 41.2 Å². The number of anilines is 1. The summed E-state index contributed by atoms with van der Waals surface area (Å²) in [6, 6.07) is 24.7. The molecule has 9 nitrogen and oxygen atoms in total. The molecule has 11 heteroatoms. The van der Waals surface area contributed by atoms with Crippen molar-refractivity contribution in [2.75, 3.05) is 25.1 Å². The molecular weight excluding hydrogens is 633 g/mol. The molecule has 2 amide bonds. The molecule has 0 fully saturated rings. The van der Waals surface area contributed by atoms with E-state index in [4.69, 9.17) is 9.47 Å². The maximum atomic E-state index is 14.6. The van der Waals surface area contributed by atoms with E-state index in [9.17, 15) is 22.4 Å². The van der Waals surface area contributed by atoms with E-state index < -0.39 is 34.3 Å². The second-order valence-electron chi connectivity index (χ2n) is 11.5. The highest BCUT2D eigenvalue weighted by molar-refractivity contribution is 7.92. The molecule has 0 aliphatic rings. The SMILES string of the molecule is CC[C@H](C)NC(=O)[C@H](Cc1ccccc1)N(Cc1ccc(C)cc1)C(=O)CN(c1ccc(F)cc1)S(=O)(=O)c1ccc(OC)c(OC)c1. The van der Waals surface area contributed by atoms with Crippen LogP contribution >= 0.6 is 0 Å². The fourth-order valence-corrected chi connectivity index (χ4v) is 6.56. The van der Waals surface area contributed by atoms with Crippen molar-refractivity contribution in [2.24, 2.45) is 0 Å². The number of halogens is 1. The molecule has 4 aromatic rings. The highest BCUT2D eigenvalue weighted by Crippen LogP contribution is 2.32. The first kappa shape index (κ1) is 35.9. The Hall–Kier alpha value is -4.90. The first-order valence-corrected chi connectivity index (χ1v) is 17.1.